The third kappa shape index (κ3) is 4.36. The average Bonchev–Trinajstić information content (AvgIpc) is 3.15. The standard InChI is InChI=1S/C26H21FN8O2/c1-15-8-20(13-29-12-15)35-25(36)31-24(30-19-5-7-23-21(10-19)16(2)33(3)32-23)34(26(35)37)14-17-4-6-22(27)18(9-17)11-28/h4-10,12-13H,14H2,1-3H3,(H,30,31,36). The Balaban J connectivity index is 1.67. The van der Waals surface area contributed by atoms with Gasteiger partial charge in [-0.25, -0.2) is 18.5 Å². The molecule has 0 fully saturated rings. The van der Waals surface area contributed by atoms with E-state index >= 15 is 0 Å². The number of rotatable bonds is 5. The van der Waals surface area contributed by atoms with Gasteiger partial charge in [-0.15, -0.1) is 0 Å². The lowest BCUT2D eigenvalue weighted by Crippen LogP contribution is -2.41. The summed E-state index contributed by atoms with van der Waals surface area (Å²) in [5.41, 5.74) is 2.24. The smallest absolute Gasteiger partial charge is 0.325 e. The number of hydrogen-bond acceptors (Lipinski definition) is 7. The Hall–Kier alpha value is -5.11. The Morgan fingerprint density at radius 3 is 2.65 bits per heavy atom. The van der Waals surface area contributed by atoms with Gasteiger partial charge in [0.25, 0.3) is 0 Å². The zero-order valence-corrected chi connectivity index (χ0v) is 20.2. The summed E-state index contributed by atoms with van der Waals surface area (Å²) >= 11 is 0. The maximum absolute atomic E-state index is 13.9. The van der Waals surface area contributed by atoms with E-state index in [-0.39, 0.29) is 23.7 Å². The van der Waals surface area contributed by atoms with Crippen LogP contribution in [0.4, 0.5) is 16.0 Å². The summed E-state index contributed by atoms with van der Waals surface area (Å²) in [6.45, 7) is 3.66. The molecule has 0 aliphatic carbocycles. The molecule has 0 saturated carbocycles. The number of halogens is 1. The lowest BCUT2D eigenvalue weighted by Gasteiger charge is -2.16. The zero-order chi connectivity index (χ0) is 26.3. The van der Waals surface area contributed by atoms with Gasteiger partial charge in [-0.3, -0.25) is 14.2 Å². The van der Waals surface area contributed by atoms with E-state index in [4.69, 9.17) is 0 Å². The summed E-state index contributed by atoms with van der Waals surface area (Å²) in [7, 11) is 1.85. The van der Waals surface area contributed by atoms with Crippen LogP contribution in [0.3, 0.4) is 0 Å². The van der Waals surface area contributed by atoms with Crippen LogP contribution in [0, 0.1) is 31.0 Å². The highest BCUT2D eigenvalue weighted by Gasteiger charge is 2.17. The second-order valence-electron chi connectivity index (χ2n) is 8.63. The summed E-state index contributed by atoms with van der Waals surface area (Å²) < 4.78 is 17.9. The van der Waals surface area contributed by atoms with Gasteiger partial charge in [-0.05, 0) is 61.4 Å². The van der Waals surface area contributed by atoms with Crippen LogP contribution in [0.5, 0.6) is 0 Å². The van der Waals surface area contributed by atoms with Crippen molar-refractivity contribution in [3.63, 3.8) is 0 Å². The van der Waals surface area contributed by atoms with E-state index in [9.17, 15) is 19.2 Å². The summed E-state index contributed by atoms with van der Waals surface area (Å²) in [6, 6.07) is 12.9. The fraction of sp³-hybridized carbons (Fsp3) is 0.154. The van der Waals surface area contributed by atoms with Crippen molar-refractivity contribution >= 4 is 22.5 Å². The van der Waals surface area contributed by atoms with E-state index in [0.29, 0.717) is 11.3 Å². The highest BCUT2D eigenvalue weighted by molar-refractivity contribution is 5.85. The van der Waals surface area contributed by atoms with Crippen LogP contribution >= 0.6 is 0 Å². The van der Waals surface area contributed by atoms with Gasteiger partial charge in [0, 0.05) is 30.0 Å². The van der Waals surface area contributed by atoms with Crippen LogP contribution in [0.1, 0.15) is 22.4 Å². The van der Waals surface area contributed by atoms with Crippen LogP contribution in [-0.4, -0.2) is 28.9 Å². The third-order valence-corrected chi connectivity index (χ3v) is 6.07. The minimum absolute atomic E-state index is 0.00408. The van der Waals surface area contributed by atoms with Gasteiger partial charge in [-0.2, -0.15) is 15.3 Å². The number of nitrogens with zero attached hydrogens (tertiary/aromatic N) is 7. The van der Waals surface area contributed by atoms with Crippen molar-refractivity contribution in [3.05, 3.63) is 104 Å². The lowest BCUT2D eigenvalue weighted by molar-refractivity contribution is 0.620. The Bertz CT molecular complexity index is 1840. The SMILES string of the molecule is Cc1cncc(-n2c(=O)nc(Nc3ccc4nn(C)c(C)c4c3)n(Cc3ccc(F)c(C#N)c3)c2=O)c1. The van der Waals surface area contributed by atoms with Gasteiger partial charge < -0.3 is 5.32 Å². The van der Waals surface area contributed by atoms with E-state index in [0.717, 1.165) is 26.7 Å². The molecule has 0 aliphatic heterocycles. The quantitative estimate of drug-likeness (QED) is 0.397. The molecule has 0 unspecified atom stereocenters. The minimum Gasteiger partial charge on any atom is -0.325 e. The first-order chi connectivity index (χ1) is 17.7. The molecule has 0 saturated heterocycles. The molecule has 0 bridgehead atoms. The number of hydrogen-bond donors (Lipinski definition) is 1. The van der Waals surface area contributed by atoms with Crippen molar-refractivity contribution in [1.82, 2.24) is 28.9 Å². The molecule has 10 nitrogen and oxygen atoms in total. The summed E-state index contributed by atoms with van der Waals surface area (Å²) in [5, 5.41) is 17.7. The van der Waals surface area contributed by atoms with Crippen LogP contribution in [0.2, 0.25) is 0 Å². The summed E-state index contributed by atoms with van der Waals surface area (Å²) in [4.78, 5) is 35.0. The highest BCUT2D eigenvalue weighted by atomic mass is 19.1. The molecule has 5 rings (SSSR count). The van der Waals surface area contributed by atoms with Crippen LogP contribution in [0.15, 0.2) is 64.4 Å². The van der Waals surface area contributed by atoms with Gasteiger partial charge in [0.2, 0.25) is 5.95 Å². The number of aryl methyl sites for hydroxylation is 3. The van der Waals surface area contributed by atoms with Crippen LogP contribution in [-0.2, 0) is 13.6 Å². The molecular weight excluding hydrogens is 475 g/mol. The monoisotopic (exact) mass is 496 g/mol. The Morgan fingerprint density at radius 2 is 1.89 bits per heavy atom. The van der Waals surface area contributed by atoms with E-state index < -0.39 is 17.2 Å². The molecule has 0 aliphatic rings. The molecule has 3 aromatic heterocycles. The Kier molecular flexibility index (Phi) is 5.85. The second-order valence-corrected chi connectivity index (χ2v) is 8.63. The molecule has 184 valence electrons. The number of nitriles is 1. The van der Waals surface area contributed by atoms with Gasteiger partial charge >= 0.3 is 11.4 Å². The predicted molar refractivity (Wildman–Crippen MR) is 136 cm³/mol. The molecule has 3 heterocycles. The molecular formula is C26H21FN8O2. The lowest BCUT2D eigenvalue weighted by atomic mass is 10.1. The zero-order valence-electron chi connectivity index (χ0n) is 20.2. The Morgan fingerprint density at radius 1 is 1.08 bits per heavy atom. The van der Waals surface area contributed by atoms with E-state index in [1.165, 1.54) is 29.0 Å². The van der Waals surface area contributed by atoms with Crippen molar-refractivity contribution in [1.29, 1.82) is 5.26 Å². The number of nitrogens with one attached hydrogen (secondary N) is 1. The van der Waals surface area contributed by atoms with Gasteiger partial charge in [0.05, 0.1) is 29.5 Å². The first kappa shape index (κ1) is 23.6. The van der Waals surface area contributed by atoms with Crippen LogP contribution in [0.25, 0.3) is 16.6 Å². The molecule has 0 radical (unpaired) electrons. The predicted octanol–water partition coefficient (Wildman–Crippen LogP) is 3.10. The number of pyridine rings is 1. The largest absolute Gasteiger partial charge is 0.359 e. The molecule has 37 heavy (non-hydrogen) atoms. The maximum Gasteiger partial charge on any atom is 0.359 e. The normalized spacial score (nSPS) is 11.0. The summed E-state index contributed by atoms with van der Waals surface area (Å²) in [5.74, 6) is -0.665. The number of aromatic nitrogens is 6. The van der Waals surface area contributed by atoms with Gasteiger partial charge in [-0.1, -0.05) is 6.07 Å². The topological polar surface area (TPSA) is 123 Å². The number of anilines is 2. The first-order valence-electron chi connectivity index (χ1n) is 11.3. The molecule has 2 aromatic carbocycles. The fourth-order valence-electron chi connectivity index (χ4n) is 4.08. The van der Waals surface area contributed by atoms with E-state index in [2.05, 4.69) is 20.4 Å². The van der Waals surface area contributed by atoms with Crippen molar-refractivity contribution in [3.8, 4) is 11.8 Å². The summed E-state index contributed by atoms with van der Waals surface area (Å²) in [6.07, 6.45) is 3.01. The average molecular weight is 497 g/mol. The van der Waals surface area contributed by atoms with Crippen LogP contribution < -0.4 is 16.7 Å². The molecule has 11 heteroatoms. The molecule has 0 amide bonds. The maximum atomic E-state index is 13.9. The Labute approximate surface area is 209 Å². The number of benzene rings is 2. The fourth-order valence-corrected chi connectivity index (χ4v) is 4.08. The van der Waals surface area contributed by atoms with Crippen molar-refractivity contribution in [2.45, 2.75) is 20.4 Å². The van der Waals surface area contributed by atoms with E-state index in [1.807, 2.05) is 26.1 Å². The van der Waals surface area contributed by atoms with Crippen molar-refractivity contribution in [2.75, 3.05) is 5.32 Å². The molecule has 0 atom stereocenters. The van der Waals surface area contributed by atoms with Gasteiger partial charge in [0.1, 0.15) is 11.9 Å². The van der Waals surface area contributed by atoms with E-state index in [1.54, 1.807) is 36.0 Å². The molecule has 0 spiro atoms. The highest BCUT2D eigenvalue weighted by Crippen LogP contribution is 2.23. The third-order valence-electron chi connectivity index (χ3n) is 6.07. The van der Waals surface area contributed by atoms with Crippen molar-refractivity contribution in [2.24, 2.45) is 7.05 Å². The van der Waals surface area contributed by atoms with Gasteiger partial charge in [0.15, 0.2) is 0 Å². The minimum atomic E-state index is -0.786. The number of fused-ring (bicyclic) bond motifs is 1. The van der Waals surface area contributed by atoms with Crippen molar-refractivity contribution < 1.29 is 4.39 Å². The second kappa shape index (κ2) is 9.16. The first-order valence-corrected chi connectivity index (χ1v) is 11.3. The molecule has 5 aromatic rings. The molecule has 1 N–H and O–H groups in total.